The number of amides is 1. The summed E-state index contributed by atoms with van der Waals surface area (Å²) in [6.07, 6.45) is 4.52. The fourth-order valence-electron chi connectivity index (χ4n) is 2.27. The summed E-state index contributed by atoms with van der Waals surface area (Å²) in [7, 11) is 0. The Morgan fingerprint density at radius 2 is 2.21 bits per heavy atom. The lowest BCUT2D eigenvalue weighted by Gasteiger charge is -2.08. The van der Waals surface area contributed by atoms with E-state index in [2.05, 4.69) is 15.3 Å². The van der Waals surface area contributed by atoms with Crippen molar-refractivity contribution in [3.63, 3.8) is 0 Å². The van der Waals surface area contributed by atoms with E-state index in [1.165, 1.54) is 0 Å². The Morgan fingerprint density at radius 3 is 2.96 bits per heavy atom. The van der Waals surface area contributed by atoms with Crippen molar-refractivity contribution in [2.45, 2.75) is 19.8 Å². The van der Waals surface area contributed by atoms with Crippen molar-refractivity contribution in [1.82, 2.24) is 9.97 Å². The van der Waals surface area contributed by atoms with Crippen molar-refractivity contribution in [3.05, 3.63) is 64.4 Å². The van der Waals surface area contributed by atoms with E-state index < -0.39 is 0 Å². The number of rotatable bonds is 5. The van der Waals surface area contributed by atoms with E-state index in [1.807, 2.05) is 36.6 Å². The Labute approximate surface area is 149 Å². The number of pyridine rings is 1. The maximum absolute atomic E-state index is 12.1. The van der Waals surface area contributed by atoms with Gasteiger partial charge in [0.05, 0.1) is 5.69 Å². The highest BCUT2D eigenvalue weighted by atomic mass is 35.5. The van der Waals surface area contributed by atoms with Crippen LogP contribution in [-0.2, 0) is 11.2 Å². The van der Waals surface area contributed by atoms with Crippen LogP contribution in [-0.4, -0.2) is 15.9 Å². The Balaban J connectivity index is 1.58. The molecule has 0 bridgehead atoms. The van der Waals surface area contributed by atoms with Crippen LogP contribution in [0.2, 0.25) is 5.02 Å². The lowest BCUT2D eigenvalue weighted by Crippen LogP contribution is -2.13. The normalized spacial score (nSPS) is 10.6. The largest absolute Gasteiger partial charge is 0.326 e. The maximum atomic E-state index is 12.1. The quantitative estimate of drug-likeness (QED) is 0.717. The van der Waals surface area contributed by atoms with Gasteiger partial charge in [-0.3, -0.25) is 9.78 Å². The van der Waals surface area contributed by atoms with Gasteiger partial charge in [-0.05, 0) is 49.2 Å². The Kier molecular flexibility index (Phi) is 5.23. The zero-order valence-electron chi connectivity index (χ0n) is 13.1. The molecule has 2 aromatic heterocycles. The van der Waals surface area contributed by atoms with Gasteiger partial charge in [0.1, 0.15) is 5.01 Å². The van der Waals surface area contributed by atoms with Gasteiger partial charge in [-0.1, -0.05) is 11.6 Å². The molecule has 1 aromatic carbocycles. The summed E-state index contributed by atoms with van der Waals surface area (Å²) in [6, 6.07) is 9.28. The molecule has 0 spiro atoms. The highest BCUT2D eigenvalue weighted by Gasteiger charge is 2.09. The molecule has 0 radical (unpaired) electrons. The molecule has 2 heterocycles. The van der Waals surface area contributed by atoms with E-state index in [4.69, 9.17) is 11.6 Å². The number of nitrogens with one attached hydrogen (secondary N) is 1. The van der Waals surface area contributed by atoms with Crippen LogP contribution in [0.3, 0.4) is 0 Å². The summed E-state index contributed by atoms with van der Waals surface area (Å²) >= 11 is 7.49. The predicted octanol–water partition coefficient (Wildman–Crippen LogP) is 4.74. The van der Waals surface area contributed by atoms with Crippen LogP contribution in [0, 0.1) is 6.92 Å². The van der Waals surface area contributed by atoms with Gasteiger partial charge < -0.3 is 5.32 Å². The van der Waals surface area contributed by atoms with Gasteiger partial charge >= 0.3 is 0 Å². The molecule has 0 saturated carbocycles. The minimum atomic E-state index is -0.0312. The molecular weight excluding hydrogens is 342 g/mol. The van der Waals surface area contributed by atoms with Crippen LogP contribution >= 0.6 is 22.9 Å². The van der Waals surface area contributed by atoms with Crippen LogP contribution in [0.25, 0.3) is 10.6 Å². The summed E-state index contributed by atoms with van der Waals surface area (Å²) in [6.45, 7) is 1.92. The van der Waals surface area contributed by atoms with Crippen LogP contribution in [0.4, 0.5) is 5.69 Å². The smallest absolute Gasteiger partial charge is 0.224 e. The molecule has 122 valence electrons. The monoisotopic (exact) mass is 357 g/mol. The zero-order valence-corrected chi connectivity index (χ0v) is 14.7. The first-order valence-electron chi connectivity index (χ1n) is 7.52. The first-order chi connectivity index (χ1) is 11.6. The fourth-order valence-corrected chi connectivity index (χ4v) is 3.34. The van der Waals surface area contributed by atoms with Gasteiger partial charge in [-0.25, -0.2) is 4.98 Å². The van der Waals surface area contributed by atoms with Gasteiger partial charge in [0, 0.05) is 40.5 Å². The van der Waals surface area contributed by atoms with Crippen molar-refractivity contribution in [2.24, 2.45) is 0 Å². The molecular formula is C18H16ClN3OS. The van der Waals surface area contributed by atoms with Crippen LogP contribution in [0.15, 0.2) is 48.1 Å². The number of anilines is 1. The van der Waals surface area contributed by atoms with Crippen molar-refractivity contribution >= 4 is 34.5 Å². The second-order valence-corrected chi connectivity index (χ2v) is 6.69. The fraction of sp³-hybridized carbons (Fsp3) is 0.167. The topological polar surface area (TPSA) is 54.9 Å². The molecule has 3 aromatic rings. The van der Waals surface area contributed by atoms with Gasteiger partial charge in [-0.2, -0.15) is 0 Å². The van der Waals surface area contributed by atoms with E-state index in [0.717, 1.165) is 27.5 Å². The lowest BCUT2D eigenvalue weighted by atomic mass is 10.2. The molecule has 1 N–H and O–H groups in total. The van der Waals surface area contributed by atoms with E-state index >= 15 is 0 Å². The van der Waals surface area contributed by atoms with Gasteiger partial charge in [0.25, 0.3) is 0 Å². The van der Waals surface area contributed by atoms with E-state index in [-0.39, 0.29) is 5.91 Å². The standard InChI is InChI=1S/C18H16ClN3OS/c1-12-9-14(19)4-6-16(12)22-17(23)7-5-15-11-24-18(21-15)13-3-2-8-20-10-13/h2-4,6,8-11H,5,7H2,1H3,(H,22,23). The first-order valence-corrected chi connectivity index (χ1v) is 8.78. The summed E-state index contributed by atoms with van der Waals surface area (Å²) in [5.74, 6) is -0.0312. The molecule has 0 saturated heterocycles. The molecule has 0 aliphatic rings. The lowest BCUT2D eigenvalue weighted by molar-refractivity contribution is -0.116. The minimum absolute atomic E-state index is 0.0312. The highest BCUT2D eigenvalue weighted by Crippen LogP contribution is 2.23. The van der Waals surface area contributed by atoms with E-state index in [0.29, 0.717) is 17.9 Å². The summed E-state index contributed by atoms with van der Waals surface area (Å²) in [4.78, 5) is 20.8. The predicted molar refractivity (Wildman–Crippen MR) is 98.5 cm³/mol. The molecule has 3 rings (SSSR count). The number of halogens is 1. The van der Waals surface area contributed by atoms with Crippen molar-refractivity contribution in [3.8, 4) is 10.6 Å². The van der Waals surface area contributed by atoms with Crippen molar-refractivity contribution < 1.29 is 4.79 Å². The first kappa shape index (κ1) is 16.6. The molecule has 1 amide bonds. The number of aryl methyl sites for hydroxylation is 2. The van der Waals surface area contributed by atoms with Crippen LogP contribution in [0.1, 0.15) is 17.7 Å². The van der Waals surface area contributed by atoms with Crippen molar-refractivity contribution in [2.75, 3.05) is 5.32 Å². The van der Waals surface area contributed by atoms with E-state index in [1.54, 1.807) is 29.8 Å². The highest BCUT2D eigenvalue weighted by molar-refractivity contribution is 7.13. The van der Waals surface area contributed by atoms with Crippen LogP contribution in [0.5, 0.6) is 0 Å². The Hall–Kier alpha value is -2.24. The maximum Gasteiger partial charge on any atom is 0.224 e. The summed E-state index contributed by atoms with van der Waals surface area (Å²) in [5.41, 5.74) is 3.65. The van der Waals surface area contributed by atoms with Gasteiger partial charge in [0.2, 0.25) is 5.91 Å². The third-order valence-corrected chi connectivity index (χ3v) is 4.71. The molecule has 6 heteroatoms. The van der Waals surface area contributed by atoms with Crippen LogP contribution < -0.4 is 5.32 Å². The number of benzene rings is 1. The van der Waals surface area contributed by atoms with Crippen molar-refractivity contribution in [1.29, 1.82) is 0 Å². The summed E-state index contributed by atoms with van der Waals surface area (Å²) in [5, 5.41) is 6.49. The molecule has 0 aliphatic heterocycles. The number of aromatic nitrogens is 2. The molecule has 24 heavy (non-hydrogen) atoms. The molecule has 0 aliphatic carbocycles. The number of thiazole rings is 1. The second-order valence-electron chi connectivity index (χ2n) is 5.39. The molecule has 0 unspecified atom stereocenters. The van der Waals surface area contributed by atoms with Gasteiger partial charge in [0.15, 0.2) is 0 Å². The van der Waals surface area contributed by atoms with E-state index in [9.17, 15) is 4.79 Å². The van der Waals surface area contributed by atoms with Gasteiger partial charge in [-0.15, -0.1) is 11.3 Å². The number of hydrogen-bond donors (Lipinski definition) is 1. The minimum Gasteiger partial charge on any atom is -0.326 e. The average molecular weight is 358 g/mol. The Bertz CT molecular complexity index is 848. The summed E-state index contributed by atoms with van der Waals surface area (Å²) < 4.78 is 0. The third kappa shape index (κ3) is 4.19. The second kappa shape index (κ2) is 7.55. The number of hydrogen-bond acceptors (Lipinski definition) is 4. The number of carbonyl (C=O) groups is 1. The molecule has 4 nitrogen and oxygen atoms in total. The molecule has 0 fully saturated rings. The molecule has 0 atom stereocenters. The average Bonchev–Trinajstić information content (AvgIpc) is 3.05. The zero-order chi connectivity index (χ0) is 16.9. The number of nitrogens with zero attached hydrogens (tertiary/aromatic N) is 2. The Morgan fingerprint density at radius 1 is 1.33 bits per heavy atom. The third-order valence-electron chi connectivity index (χ3n) is 3.53. The SMILES string of the molecule is Cc1cc(Cl)ccc1NC(=O)CCc1csc(-c2cccnc2)n1. The number of carbonyl (C=O) groups excluding carboxylic acids is 1.